The lowest BCUT2D eigenvalue weighted by Gasteiger charge is -2.14. The Morgan fingerprint density at radius 1 is 0.955 bits per heavy atom. The van der Waals surface area contributed by atoms with Crippen LogP contribution in [0.4, 0.5) is 5.69 Å². The van der Waals surface area contributed by atoms with Crippen LogP contribution in [0.25, 0.3) is 0 Å². The van der Waals surface area contributed by atoms with Crippen molar-refractivity contribution in [2.75, 3.05) is 5.32 Å². The molecule has 0 radical (unpaired) electrons. The molecule has 7 heteroatoms. The van der Waals surface area contributed by atoms with Crippen LogP contribution < -0.4 is 16.2 Å². The molecule has 2 aromatic rings. The van der Waals surface area contributed by atoms with Crippen molar-refractivity contribution in [3.8, 4) is 0 Å². The normalized spacial score (nSPS) is 9.95. The van der Waals surface area contributed by atoms with E-state index in [9.17, 15) is 4.79 Å². The van der Waals surface area contributed by atoms with E-state index in [-0.39, 0.29) is 5.91 Å². The van der Waals surface area contributed by atoms with Crippen LogP contribution >= 0.6 is 34.8 Å². The van der Waals surface area contributed by atoms with Gasteiger partial charge in [-0.2, -0.15) is 0 Å². The highest BCUT2D eigenvalue weighted by atomic mass is 35.5. The Bertz CT molecular complexity index is 719. The van der Waals surface area contributed by atoms with Crippen LogP contribution in [0.15, 0.2) is 54.9 Å². The molecule has 3 N–H and O–H groups in total. The van der Waals surface area contributed by atoms with Crippen molar-refractivity contribution in [3.05, 3.63) is 75.5 Å². The fraction of sp³-hybridized carbons (Fsp3) is 0. The van der Waals surface area contributed by atoms with Crippen LogP contribution in [0.3, 0.4) is 0 Å². The quantitative estimate of drug-likeness (QED) is 0.693. The summed E-state index contributed by atoms with van der Waals surface area (Å²) in [6.45, 7) is 3.74. The van der Waals surface area contributed by atoms with E-state index in [0.29, 0.717) is 32.1 Å². The molecule has 0 bridgehead atoms. The van der Waals surface area contributed by atoms with Crippen LogP contribution in [0.5, 0.6) is 0 Å². The third kappa shape index (κ3) is 4.31. The number of benzene rings is 2. The molecule has 1 amide bonds. The van der Waals surface area contributed by atoms with Gasteiger partial charge in [-0.1, -0.05) is 53.5 Å². The summed E-state index contributed by atoms with van der Waals surface area (Å²) in [5, 5.41) is 4.27. The maximum Gasteiger partial charge on any atom is 0.271 e. The molecule has 0 unspecified atom stereocenters. The minimum absolute atomic E-state index is 0.324. The first kappa shape index (κ1) is 16.5. The zero-order valence-electron chi connectivity index (χ0n) is 11.3. The molecule has 0 saturated heterocycles. The molecular weight excluding hydrogens is 345 g/mol. The Hall–Kier alpha value is -1.88. The van der Waals surface area contributed by atoms with Crippen molar-refractivity contribution in [1.29, 1.82) is 0 Å². The van der Waals surface area contributed by atoms with Crippen LogP contribution in [0, 0.1) is 0 Å². The van der Waals surface area contributed by atoms with Crippen molar-refractivity contribution < 1.29 is 4.79 Å². The van der Waals surface area contributed by atoms with Gasteiger partial charge in [-0.05, 0) is 30.3 Å². The maximum absolute atomic E-state index is 12.0. The number of hydrazine groups is 1. The summed E-state index contributed by atoms with van der Waals surface area (Å²) in [4.78, 5) is 12.0. The molecule has 0 aliphatic rings. The van der Waals surface area contributed by atoms with E-state index in [1.54, 1.807) is 42.5 Å². The highest BCUT2D eigenvalue weighted by Crippen LogP contribution is 2.25. The van der Waals surface area contributed by atoms with Crippen molar-refractivity contribution in [2.24, 2.45) is 0 Å². The number of hydrogen-bond acceptors (Lipinski definition) is 3. The van der Waals surface area contributed by atoms with Gasteiger partial charge in [0.1, 0.15) is 5.82 Å². The molecule has 0 heterocycles. The largest absolute Gasteiger partial charge is 0.340 e. The van der Waals surface area contributed by atoms with Crippen molar-refractivity contribution in [3.63, 3.8) is 0 Å². The molecule has 0 atom stereocenters. The molecule has 2 rings (SSSR count). The van der Waals surface area contributed by atoms with Gasteiger partial charge in [0.25, 0.3) is 5.91 Å². The average molecular weight is 357 g/mol. The number of nitrogens with one attached hydrogen (secondary N) is 3. The van der Waals surface area contributed by atoms with E-state index < -0.39 is 0 Å². The van der Waals surface area contributed by atoms with Gasteiger partial charge in [0.15, 0.2) is 0 Å². The first-order valence-corrected chi connectivity index (χ1v) is 7.32. The monoisotopic (exact) mass is 355 g/mol. The first-order chi connectivity index (χ1) is 10.5. The maximum atomic E-state index is 12.0. The molecule has 22 heavy (non-hydrogen) atoms. The van der Waals surface area contributed by atoms with Crippen molar-refractivity contribution in [1.82, 2.24) is 10.9 Å². The average Bonchev–Trinajstić information content (AvgIpc) is 2.49. The number of hydrogen-bond donors (Lipinski definition) is 3. The van der Waals surface area contributed by atoms with Gasteiger partial charge >= 0.3 is 0 Å². The predicted octanol–water partition coefficient (Wildman–Crippen LogP) is 4.46. The summed E-state index contributed by atoms with van der Waals surface area (Å²) in [5.41, 5.74) is 6.04. The third-order valence-electron chi connectivity index (χ3n) is 2.66. The summed E-state index contributed by atoms with van der Waals surface area (Å²) >= 11 is 17.9. The fourth-order valence-corrected chi connectivity index (χ4v) is 2.19. The van der Waals surface area contributed by atoms with E-state index in [4.69, 9.17) is 34.8 Å². The molecule has 0 spiro atoms. The van der Waals surface area contributed by atoms with E-state index in [0.717, 1.165) is 0 Å². The summed E-state index contributed by atoms with van der Waals surface area (Å²) in [6.07, 6.45) is 0. The molecule has 0 saturated carbocycles. The highest BCUT2D eigenvalue weighted by molar-refractivity contribution is 6.35. The number of rotatable bonds is 5. The summed E-state index contributed by atoms with van der Waals surface area (Å²) in [5.74, 6) is -0.0599. The molecule has 0 aromatic heterocycles. The molecule has 2 aromatic carbocycles. The van der Waals surface area contributed by atoms with Crippen LogP contribution in [-0.2, 0) is 0 Å². The molecule has 4 nitrogen and oxygen atoms in total. The SMILES string of the molecule is C=C(NNC(=O)c1ccccc1Cl)Nc1cc(Cl)ccc1Cl. The second kappa shape index (κ2) is 7.40. The van der Waals surface area contributed by atoms with E-state index in [1.165, 1.54) is 0 Å². The van der Waals surface area contributed by atoms with Crippen LogP contribution in [0.2, 0.25) is 15.1 Å². The molecule has 114 valence electrons. The standard InChI is InChI=1S/C15H12Cl3N3O/c1-9(19-14-8-10(16)6-7-13(14)18)20-21-15(22)11-4-2-3-5-12(11)17/h2-8,19-20H,1H2,(H,21,22). The number of carbonyl (C=O) groups excluding carboxylic acids is 1. The second-order valence-corrected chi connectivity index (χ2v) is 5.54. The van der Waals surface area contributed by atoms with E-state index >= 15 is 0 Å². The predicted molar refractivity (Wildman–Crippen MR) is 91.3 cm³/mol. The lowest BCUT2D eigenvalue weighted by Crippen LogP contribution is -2.38. The Morgan fingerprint density at radius 3 is 2.41 bits per heavy atom. The summed E-state index contributed by atoms with van der Waals surface area (Å²) in [7, 11) is 0. The minimum atomic E-state index is -0.384. The Balaban J connectivity index is 1.94. The van der Waals surface area contributed by atoms with Crippen molar-refractivity contribution >= 4 is 46.4 Å². The van der Waals surface area contributed by atoms with Gasteiger partial charge in [0.2, 0.25) is 0 Å². The zero-order chi connectivity index (χ0) is 16.1. The highest BCUT2D eigenvalue weighted by Gasteiger charge is 2.09. The van der Waals surface area contributed by atoms with Gasteiger partial charge in [-0.3, -0.25) is 15.6 Å². The van der Waals surface area contributed by atoms with Gasteiger partial charge in [-0.25, -0.2) is 0 Å². The fourth-order valence-electron chi connectivity index (χ4n) is 1.63. The van der Waals surface area contributed by atoms with E-state index in [2.05, 4.69) is 22.7 Å². The van der Waals surface area contributed by atoms with Gasteiger partial charge in [0.05, 0.1) is 21.3 Å². The number of anilines is 1. The molecule has 0 fully saturated rings. The van der Waals surface area contributed by atoms with Crippen LogP contribution in [0.1, 0.15) is 10.4 Å². The number of amides is 1. The van der Waals surface area contributed by atoms with Gasteiger partial charge < -0.3 is 5.32 Å². The number of halogens is 3. The topological polar surface area (TPSA) is 53.2 Å². The first-order valence-electron chi connectivity index (χ1n) is 6.19. The van der Waals surface area contributed by atoms with Gasteiger partial charge in [-0.15, -0.1) is 0 Å². The Labute approximate surface area is 143 Å². The summed E-state index contributed by atoms with van der Waals surface area (Å²) in [6, 6.07) is 11.7. The molecular formula is C15H12Cl3N3O. The lowest BCUT2D eigenvalue weighted by molar-refractivity contribution is 0.0939. The second-order valence-electron chi connectivity index (χ2n) is 4.29. The molecule has 0 aliphatic heterocycles. The van der Waals surface area contributed by atoms with Gasteiger partial charge in [0, 0.05) is 5.02 Å². The minimum Gasteiger partial charge on any atom is -0.340 e. The smallest absolute Gasteiger partial charge is 0.271 e. The third-order valence-corrected chi connectivity index (χ3v) is 3.55. The van der Waals surface area contributed by atoms with Crippen molar-refractivity contribution in [2.45, 2.75) is 0 Å². The van der Waals surface area contributed by atoms with E-state index in [1.807, 2.05) is 0 Å². The number of carbonyl (C=O) groups is 1. The Kier molecular flexibility index (Phi) is 5.55. The zero-order valence-corrected chi connectivity index (χ0v) is 13.6. The van der Waals surface area contributed by atoms with Crippen LogP contribution in [-0.4, -0.2) is 5.91 Å². The lowest BCUT2D eigenvalue weighted by atomic mass is 10.2. The summed E-state index contributed by atoms with van der Waals surface area (Å²) < 4.78 is 0. The Morgan fingerprint density at radius 2 is 1.68 bits per heavy atom. The molecule has 0 aliphatic carbocycles.